The van der Waals surface area contributed by atoms with Crippen LogP contribution in [0.2, 0.25) is 5.02 Å². The molecule has 2 aliphatic heterocycles. The molecule has 0 radical (unpaired) electrons. The summed E-state index contributed by atoms with van der Waals surface area (Å²) in [5.41, 5.74) is 1.03. The van der Waals surface area contributed by atoms with Gasteiger partial charge in [0.05, 0.1) is 10.5 Å². The number of nitrogens with zero attached hydrogens (tertiary/aromatic N) is 8. The smallest absolute Gasteiger partial charge is 0.318 e. The summed E-state index contributed by atoms with van der Waals surface area (Å²) in [6, 6.07) is 2.06. The third kappa shape index (κ3) is 4.70. The largest absolute Gasteiger partial charge is 0.341 e. The molecule has 10 nitrogen and oxygen atoms in total. The van der Waals surface area contributed by atoms with Gasteiger partial charge in [-0.25, -0.2) is 15.0 Å². The van der Waals surface area contributed by atoms with Crippen molar-refractivity contribution in [2.24, 2.45) is 7.05 Å². The molecule has 1 unspecified atom stereocenters. The number of piperidine rings is 1. The average molecular weight is 499 g/mol. The monoisotopic (exact) mass is 498 g/mol. The number of hydrogen-bond donors (Lipinski definition) is 0. The van der Waals surface area contributed by atoms with Gasteiger partial charge in [0.25, 0.3) is 0 Å². The topological polar surface area (TPSA) is 92.4 Å². The van der Waals surface area contributed by atoms with Gasteiger partial charge in [-0.1, -0.05) is 11.6 Å². The number of halogens is 1. The number of aromatic nitrogens is 5. The van der Waals surface area contributed by atoms with Crippen LogP contribution >= 0.6 is 11.6 Å². The standard InChI is InChI=1S/C24H31ClN8O2/c1-16-14-29(2)8-9-32(16)15-17-11-27-24(28-12-17)31-6-4-19(5-7-31)33-21-20(10-18(25)13-26-21)30(3)22(34)23(33)35/h10-13,16,19H,4-9,14-15H2,1-3H3. The first-order chi connectivity index (χ1) is 16.8. The molecule has 1 atom stereocenters. The van der Waals surface area contributed by atoms with Crippen molar-refractivity contribution in [2.45, 2.75) is 38.4 Å². The normalized spacial score (nSPS) is 20.6. The van der Waals surface area contributed by atoms with Gasteiger partial charge in [-0.15, -0.1) is 0 Å². The highest BCUT2D eigenvalue weighted by Gasteiger charge is 2.27. The predicted octanol–water partition coefficient (Wildman–Crippen LogP) is 1.52. The Bertz CT molecular complexity index is 1330. The van der Waals surface area contributed by atoms with Crippen LogP contribution < -0.4 is 16.0 Å². The molecule has 2 saturated heterocycles. The highest BCUT2D eigenvalue weighted by Crippen LogP contribution is 2.26. The SMILES string of the molecule is CC1CN(C)CCN1Cc1cnc(N2CCC(n3c(=O)c(=O)n(C)c4cc(Cl)cnc43)CC2)nc1. The summed E-state index contributed by atoms with van der Waals surface area (Å²) in [5.74, 6) is 0.699. The molecule has 5 rings (SSSR count). The second kappa shape index (κ2) is 9.67. The minimum absolute atomic E-state index is 0.123. The fourth-order valence-electron chi connectivity index (χ4n) is 5.21. The number of anilines is 1. The van der Waals surface area contributed by atoms with E-state index in [1.807, 2.05) is 12.4 Å². The second-order valence-corrected chi connectivity index (χ2v) is 10.2. The van der Waals surface area contributed by atoms with Gasteiger partial charge in [-0.05, 0) is 32.9 Å². The van der Waals surface area contributed by atoms with Crippen molar-refractivity contribution in [1.82, 2.24) is 33.9 Å². The molecule has 2 aliphatic rings. The van der Waals surface area contributed by atoms with Crippen molar-refractivity contribution in [3.05, 3.63) is 56.0 Å². The maximum absolute atomic E-state index is 12.9. The number of rotatable bonds is 4. The maximum atomic E-state index is 12.9. The first kappa shape index (κ1) is 23.9. The third-order valence-corrected chi connectivity index (χ3v) is 7.47. The molecule has 186 valence electrons. The van der Waals surface area contributed by atoms with Gasteiger partial charge in [0.2, 0.25) is 5.95 Å². The van der Waals surface area contributed by atoms with Gasteiger partial charge in [0, 0.05) is 82.6 Å². The summed E-state index contributed by atoms with van der Waals surface area (Å²) in [6.45, 7) is 7.69. The van der Waals surface area contributed by atoms with Gasteiger partial charge in [0.1, 0.15) is 0 Å². The molecular formula is C24H31ClN8O2. The summed E-state index contributed by atoms with van der Waals surface area (Å²) >= 11 is 6.10. The lowest BCUT2D eigenvalue weighted by molar-refractivity contribution is 0.0936. The van der Waals surface area contributed by atoms with Crippen molar-refractivity contribution >= 4 is 28.7 Å². The Morgan fingerprint density at radius 2 is 1.69 bits per heavy atom. The minimum Gasteiger partial charge on any atom is -0.341 e. The zero-order valence-corrected chi connectivity index (χ0v) is 21.1. The molecule has 0 saturated carbocycles. The fraction of sp³-hybridized carbons (Fsp3) is 0.542. The molecule has 2 fully saturated rings. The number of fused-ring (bicyclic) bond motifs is 1. The van der Waals surface area contributed by atoms with E-state index in [0.29, 0.717) is 54.1 Å². The van der Waals surface area contributed by atoms with Crippen molar-refractivity contribution < 1.29 is 0 Å². The summed E-state index contributed by atoms with van der Waals surface area (Å²) < 4.78 is 2.87. The number of piperazine rings is 1. The van der Waals surface area contributed by atoms with Crippen molar-refractivity contribution in [2.75, 3.05) is 44.7 Å². The third-order valence-electron chi connectivity index (χ3n) is 7.27. The number of hydrogen-bond acceptors (Lipinski definition) is 8. The summed E-state index contributed by atoms with van der Waals surface area (Å²) in [7, 11) is 3.74. The molecule has 0 amide bonds. The van der Waals surface area contributed by atoms with Crippen LogP contribution in [0.25, 0.3) is 11.2 Å². The van der Waals surface area contributed by atoms with Crippen molar-refractivity contribution in [1.29, 1.82) is 0 Å². The first-order valence-electron chi connectivity index (χ1n) is 12.1. The molecule has 0 N–H and O–H groups in total. The first-order valence-corrected chi connectivity index (χ1v) is 12.4. The van der Waals surface area contributed by atoms with Crippen molar-refractivity contribution in [3.63, 3.8) is 0 Å². The van der Waals surface area contributed by atoms with E-state index in [0.717, 1.165) is 31.7 Å². The van der Waals surface area contributed by atoms with Crippen LogP contribution in [-0.4, -0.2) is 79.7 Å². The average Bonchev–Trinajstić information content (AvgIpc) is 2.86. The van der Waals surface area contributed by atoms with E-state index in [1.165, 1.54) is 10.8 Å². The van der Waals surface area contributed by atoms with Crippen LogP contribution in [0.5, 0.6) is 0 Å². The van der Waals surface area contributed by atoms with E-state index in [2.05, 4.69) is 43.6 Å². The van der Waals surface area contributed by atoms with Gasteiger partial charge in [-0.3, -0.25) is 19.1 Å². The Balaban J connectivity index is 1.29. The molecule has 0 spiro atoms. The lowest BCUT2D eigenvalue weighted by atomic mass is 10.0. The Morgan fingerprint density at radius 1 is 0.971 bits per heavy atom. The Morgan fingerprint density at radius 3 is 2.37 bits per heavy atom. The maximum Gasteiger partial charge on any atom is 0.318 e. The highest BCUT2D eigenvalue weighted by molar-refractivity contribution is 6.31. The molecule has 3 aromatic rings. The Kier molecular flexibility index (Phi) is 6.61. The summed E-state index contributed by atoms with van der Waals surface area (Å²) in [4.78, 5) is 46.1. The molecule has 3 aromatic heterocycles. The van der Waals surface area contributed by atoms with Crippen LogP contribution in [0.1, 0.15) is 31.4 Å². The molecule has 11 heteroatoms. The van der Waals surface area contributed by atoms with E-state index in [4.69, 9.17) is 11.6 Å². The lowest BCUT2D eigenvalue weighted by Crippen LogP contribution is -2.49. The van der Waals surface area contributed by atoms with Crippen LogP contribution in [-0.2, 0) is 13.6 Å². The number of pyridine rings is 1. The van der Waals surface area contributed by atoms with E-state index in [9.17, 15) is 9.59 Å². The zero-order chi connectivity index (χ0) is 24.7. The van der Waals surface area contributed by atoms with E-state index in [1.54, 1.807) is 17.7 Å². The lowest BCUT2D eigenvalue weighted by Gasteiger charge is -2.38. The second-order valence-electron chi connectivity index (χ2n) is 9.73. The Hall–Kier alpha value is -2.82. The number of aryl methyl sites for hydroxylation is 1. The zero-order valence-electron chi connectivity index (χ0n) is 20.4. The van der Waals surface area contributed by atoms with Gasteiger partial charge in [-0.2, -0.15) is 0 Å². The van der Waals surface area contributed by atoms with E-state index < -0.39 is 11.1 Å². The van der Waals surface area contributed by atoms with E-state index in [-0.39, 0.29) is 6.04 Å². The summed E-state index contributed by atoms with van der Waals surface area (Å²) in [5, 5.41) is 0.426. The molecule has 0 bridgehead atoms. The van der Waals surface area contributed by atoms with Gasteiger partial charge < -0.3 is 14.4 Å². The Labute approximate surface area is 208 Å². The fourth-order valence-corrected chi connectivity index (χ4v) is 5.36. The van der Waals surface area contributed by atoms with Crippen LogP contribution in [0.3, 0.4) is 0 Å². The molecule has 0 aromatic carbocycles. The molecule has 0 aliphatic carbocycles. The van der Waals surface area contributed by atoms with Crippen LogP contribution in [0.4, 0.5) is 5.95 Å². The van der Waals surface area contributed by atoms with Gasteiger partial charge >= 0.3 is 11.1 Å². The van der Waals surface area contributed by atoms with Crippen LogP contribution in [0.15, 0.2) is 34.2 Å². The molecule has 5 heterocycles. The molecule has 35 heavy (non-hydrogen) atoms. The van der Waals surface area contributed by atoms with Crippen molar-refractivity contribution in [3.8, 4) is 0 Å². The minimum atomic E-state index is -0.572. The van der Waals surface area contributed by atoms with E-state index >= 15 is 0 Å². The van der Waals surface area contributed by atoms with Gasteiger partial charge in [0.15, 0.2) is 5.65 Å². The highest BCUT2D eigenvalue weighted by atomic mass is 35.5. The van der Waals surface area contributed by atoms with Crippen LogP contribution in [0, 0.1) is 0 Å². The number of likely N-dealkylation sites (N-methyl/N-ethyl adjacent to an activating group) is 1. The molecular weight excluding hydrogens is 468 g/mol. The summed E-state index contributed by atoms with van der Waals surface area (Å²) in [6.07, 6.45) is 6.74. The quantitative estimate of drug-likeness (QED) is 0.500. The predicted molar refractivity (Wildman–Crippen MR) is 136 cm³/mol.